The van der Waals surface area contributed by atoms with Gasteiger partial charge in [-0.25, -0.2) is 9.67 Å². The van der Waals surface area contributed by atoms with Crippen molar-refractivity contribution in [3.8, 4) is 5.82 Å². The number of hydrogen-bond donors (Lipinski definition) is 3. The maximum absolute atomic E-state index is 14.0. The van der Waals surface area contributed by atoms with Crippen LogP contribution in [0.5, 0.6) is 0 Å². The summed E-state index contributed by atoms with van der Waals surface area (Å²) in [5.41, 5.74) is 2.03. The Kier molecular flexibility index (Phi) is 7.06. The van der Waals surface area contributed by atoms with Gasteiger partial charge in [0.15, 0.2) is 17.6 Å². The first-order valence-corrected chi connectivity index (χ1v) is 11.4. The molecule has 1 fully saturated rings. The number of benzene rings is 1. The van der Waals surface area contributed by atoms with Gasteiger partial charge in [0, 0.05) is 24.8 Å². The monoisotopic (exact) mass is 556 g/mol. The zero-order valence-corrected chi connectivity index (χ0v) is 20.2. The van der Waals surface area contributed by atoms with Gasteiger partial charge in [-0.05, 0) is 42.7 Å². The van der Waals surface area contributed by atoms with E-state index in [4.69, 9.17) is 10.8 Å². The lowest BCUT2D eigenvalue weighted by Crippen LogP contribution is -2.61. The average Bonchev–Trinajstić information content (AvgIpc) is 3.26. The van der Waals surface area contributed by atoms with Crippen LogP contribution in [0, 0.1) is 5.92 Å². The zero-order valence-electron chi connectivity index (χ0n) is 20.2. The van der Waals surface area contributed by atoms with Crippen molar-refractivity contribution in [2.24, 2.45) is 11.7 Å². The second kappa shape index (κ2) is 9.87. The van der Waals surface area contributed by atoms with E-state index in [1.165, 1.54) is 24.4 Å². The lowest BCUT2D eigenvalue weighted by Gasteiger charge is -2.43. The third-order valence-electron chi connectivity index (χ3n) is 6.45. The van der Waals surface area contributed by atoms with Crippen LogP contribution in [0.25, 0.3) is 5.82 Å². The number of aliphatic carboxylic acids is 1. The predicted molar refractivity (Wildman–Crippen MR) is 125 cm³/mol. The first-order chi connectivity index (χ1) is 18.1. The van der Waals surface area contributed by atoms with Crippen LogP contribution in [0.3, 0.4) is 0 Å². The Hall–Kier alpha value is -4.14. The minimum Gasteiger partial charge on any atom is -0.480 e. The summed E-state index contributed by atoms with van der Waals surface area (Å²) in [4.78, 5) is 28.2. The van der Waals surface area contributed by atoms with E-state index in [1.807, 2.05) is 0 Å². The molecule has 39 heavy (non-hydrogen) atoms. The van der Waals surface area contributed by atoms with Crippen LogP contribution in [0.1, 0.15) is 30.1 Å². The molecule has 1 atom stereocenters. The number of nitrogens with one attached hydrogen (secondary N) is 1. The normalized spacial score (nSPS) is 20.2. The van der Waals surface area contributed by atoms with E-state index in [9.17, 15) is 35.9 Å². The third kappa shape index (κ3) is 5.53. The molecule has 0 bridgehead atoms. The summed E-state index contributed by atoms with van der Waals surface area (Å²) < 4.78 is 84.2. The molecule has 1 saturated carbocycles. The van der Waals surface area contributed by atoms with Crippen LogP contribution in [0.4, 0.5) is 37.7 Å². The van der Waals surface area contributed by atoms with E-state index < -0.39 is 53.1 Å². The fourth-order valence-electron chi connectivity index (χ4n) is 4.49. The number of carbonyl (C=O) groups excluding carboxylic acids is 1. The second-order valence-electron chi connectivity index (χ2n) is 9.21. The van der Waals surface area contributed by atoms with Crippen molar-refractivity contribution in [1.29, 1.82) is 0 Å². The molecule has 0 spiro atoms. The summed E-state index contributed by atoms with van der Waals surface area (Å²) in [6.07, 6.45) is -8.12. The summed E-state index contributed by atoms with van der Waals surface area (Å²) in [6.45, 7) is 0. The molecule has 208 valence electrons. The van der Waals surface area contributed by atoms with Crippen molar-refractivity contribution in [3.63, 3.8) is 0 Å². The molecule has 9 nitrogen and oxygen atoms in total. The number of carboxylic acids is 1. The average molecular weight is 556 g/mol. The first kappa shape index (κ1) is 27.9. The number of amides is 1. The number of rotatable bonds is 7. The number of carbonyl (C=O) groups is 2. The van der Waals surface area contributed by atoms with Gasteiger partial charge in [-0.15, -0.1) is 0 Å². The Balaban J connectivity index is 1.57. The molecule has 0 unspecified atom stereocenters. The maximum Gasteiger partial charge on any atom is 0.435 e. The van der Waals surface area contributed by atoms with Gasteiger partial charge in [-0.1, -0.05) is 18.2 Å². The van der Waals surface area contributed by atoms with Gasteiger partial charge < -0.3 is 21.1 Å². The Morgan fingerprint density at radius 2 is 1.77 bits per heavy atom. The molecule has 1 aliphatic carbocycles. The molecule has 2 aromatic heterocycles. The Labute approximate surface area is 217 Å². The molecule has 1 aliphatic rings. The number of nitrogens with two attached hydrogens (primary N) is 1. The minimum atomic E-state index is -4.90. The standard InChI is InChI=1S/C24H22F6N6O3/c1-35(20(37)14-10-22(31,11-14)21(38)39)18(23(25,26)27)13-5-7-15(8-6-13)34-16-12-33-36(19(16)24(28,29)30)17-4-2-3-9-32-17/h2-9,12,14,18,34H,10-11,31H2,1H3,(H,38,39)/t14-,18-,22+/m0/s1. The van der Waals surface area contributed by atoms with Crippen LogP contribution < -0.4 is 11.1 Å². The molecule has 0 saturated heterocycles. The number of pyridine rings is 1. The molecule has 1 amide bonds. The fourth-order valence-corrected chi connectivity index (χ4v) is 4.49. The number of hydrogen-bond acceptors (Lipinski definition) is 6. The van der Waals surface area contributed by atoms with Crippen molar-refractivity contribution >= 4 is 23.3 Å². The van der Waals surface area contributed by atoms with Gasteiger partial charge in [0.05, 0.1) is 11.9 Å². The summed E-state index contributed by atoms with van der Waals surface area (Å²) >= 11 is 0. The number of aromatic nitrogens is 3. The molecule has 3 aromatic rings. The smallest absolute Gasteiger partial charge is 0.435 e. The topological polar surface area (TPSA) is 126 Å². The number of anilines is 2. The lowest BCUT2D eigenvalue weighted by molar-refractivity contribution is -0.193. The van der Waals surface area contributed by atoms with E-state index in [2.05, 4.69) is 15.4 Å². The lowest BCUT2D eigenvalue weighted by atomic mass is 9.68. The molecule has 15 heteroatoms. The Bertz CT molecular complexity index is 1350. The fraction of sp³-hybridized carbons (Fsp3) is 0.333. The highest BCUT2D eigenvalue weighted by atomic mass is 19.4. The summed E-state index contributed by atoms with van der Waals surface area (Å²) in [5, 5.41) is 15.4. The molecule has 4 N–H and O–H groups in total. The highest BCUT2D eigenvalue weighted by Crippen LogP contribution is 2.43. The van der Waals surface area contributed by atoms with Gasteiger partial charge in [-0.3, -0.25) is 9.59 Å². The van der Waals surface area contributed by atoms with Gasteiger partial charge in [-0.2, -0.15) is 31.4 Å². The van der Waals surface area contributed by atoms with Gasteiger partial charge in [0.1, 0.15) is 5.54 Å². The van der Waals surface area contributed by atoms with Crippen molar-refractivity contribution in [2.45, 2.75) is 36.8 Å². The van der Waals surface area contributed by atoms with E-state index in [0.29, 0.717) is 9.58 Å². The molecule has 0 radical (unpaired) electrons. The van der Waals surface area contributed by atoms with Crippen molar-refractivity contribution in [1.82, 2.24) is 19.7 Å². The minimum absolute atomic E-state index is 0.0353. The van der Waals surface area contributed by atoms with E-state index >= 15 is 0 Å². The quantitative estimate of drug-likeness (QED) is 0.371. The Morgan fingerprint density at radius 1 is 1.13 bits per heavy atom. The number of carboxylic acid groups (broad SMARTS) is 1. The predicted octanol–water partition coefficient (Wildman–Crippen LogP) is 4.28. The maximum atomic E-state index is 14.0. The molecular formula is C24H22F6N6O3. The van der Waals surface area contributed by atoms with Gasteiger partial charge in [0.25, 0.3) is 0 Å². The van der Waals surface area contributed by atoms with E-state index in [1.54, 1.807) is 0 Å². The van der Waals surface area contributed by atoms with Crippen LogP contribution in [-0.4, -0.2) is 55.4 Å². The molecule has 1 aromatic carbocycles. The van der Waals surface area contributed by atoms with Crippen LogP contribution in [-0.2, 0) is 15.8 Å². The highest BCUT2D eigenvalue weighted by molar-refractivity contribution is 5.87. The van der Waals surface area contributed by atoms with Gasteiger partial charge >= 0.3 is 18.3 Å². The van der Waals surface area contributed by atoms with Crippen LogP contribution >= 0.6 is 0 Å². The number of halogens is 6. The third-order valence-corrected chi connectivity index (χ3v) is 6.45. The highest BCUT2D eigenvalue weighted by Gasteiger charge is 2.53. The molecule has 4 rings (SSSR count). The first-order valence-electron chi connectivity index (χ1n) is 11.4. The number of nitrogens with zero attached hydrogens (tertiary/aromatic N) is 4. The van der Waals surface area contributed by atoms with E-state index in [-0.39, 0.29) is 29.9 Å². The number of alkyl halides is 6. The van der Waals surface area contributed by atoms with Crippen molar-refractivity contribution in [2.75, 3.05) is 12.4 Å². The molecular weight excluding hydrogens is 534 g/mol. The molecule has 2 heterocycles. The largest absolute Gasteiger partial charge is 0.480 e. The van der Waals surface area contributed by atoms with Crippen molar-refractivity contribution in [3.05, 3.63) is 66.1 Å². The van der Waals surface area contributed by atoms with Gasteiger partial charge in [0.2, 0.25) is 5.91 Å². The summed E-state index contributed by atoms with van der Waals surface area (Å²) in [5.74, 6) is -3.34. The zero-order chi connectivity index (χ0) is 28.8. The summed E-state index contributed by atoms with van der Waals surface area (Å²) in [6, 6.07) is 6.31. The molecule has 0 aliphatic heterocycles. The summed E-state index contributed by atoms with van der Waals surface area (Å²) in [7, 11) is 0.950. The van der Waals surface area contributed by atoms with Crippen molar-refractivity contribution < 1.29 is 41.0 Å². The van der Waals surface area contributed by atoms with Crippen LogP contribution in [0.2, 0.25) is 0 Å². The second-order valence-corrected chi connectivity index (χ2v) is 9.21. The Morgan fingerprint density at radius 3 is 2.28 bits per heavy atom. The van der Waals surface area contributed by atoms with Crippen LogP contribution in [0.15, 0.2) is 54.9 Å². The van der Waals surface area contributed by atoms with E-state index in [0.717, 1.165) is 37.5 Å². The SMILES string of the molecule is CN(C(=O)[C@H]1C[C@](N)(C(=O)O)C1)[C@@H](c1ccc(Nc2cnn(-c3ccccn3)c2C(F)(F)F)cc1)C(F)(F)F.